The van der Waals surface area contributed by atoms with E-state index >= 15 is 0 Å². The highest BCUT2D eigenvalue weighted by Gasteiger charge is 2.21. The van der Waals surface area contributed by atoms with Crippen molar-refractivity contribution < 1.29 is 9.47 Å². The van der Waals surface area contributed by atoms with E-state index in [0.717, 1.165) is 47.7 Å². The summed E-state index contributed by atoms with van der Waals surface area (Å²) in [5.41, 5.74) is 10.8. The fraction of sp³-hybridized carbons (Fsp3) is 0.368. The van der Waals surface area contributed by atoms with E-state index in [1.54, 1.807) is 14.2 Å². The van der Waals surface area contributed by atoms with Crippen LogP contribution in [0.2, 0.25) is 0 Å². The number of fused-ring (bicyclic) bond motifs is 2. The molecule has 0 unspecified atom stereocenters. The maximum absolute atomic E-state index is 5.69. The van der Waals surface area contributed by atoms with Crippen molar-refractivity contribution in [3.63, 3.8) is 0 Å². The zero-order valence-corrected chi connectivity index (χ0v) is 15.1. The van der Waals surface area contributed by atoms with Gasteiger partial charge in [0.05, 0.1) is 19.9 Å². The average molecular weight is 353 g/mol. The number of nitrogens with two attached hydrogens (primary N) is 1. The lowest BCUT2D eigenvalue weighted by Crippen LogP contribution is -2.17. The molecule has 0 spiro atoms. The topological polar surface area (TPSA) is 86.7 Å². The molecule has 3 aromatic rings. The van der Waals surface area contributed by atoms with Gasteiger partial charge in [-0.15, -0.1) is 0 Å². The Balaban J connectivity index is 1.83. The van der Waals surface area contributed by atoms with Gasteiger partial charge in [0, 0.05) is 36.0 Å². The lowest BCUT2D eigenvalue weighted by molar-refractivity contribution is 0.355. The lowest BCUT2D eigenvalue weighted by atomic mass is 10.1. The third-order valence-electron chi connectivity index (χ3n) is 4.74. The average Bonchev–Trinajstić information content (AvgIpc) is 3.31. The summed E-state index contributed by atoms with van der Waals surface area (Å²) in [5.74, 6) is 2.39. The molecule has 0 atom stereocenters. The molecule has 7 heteroatoms. The van der Waals surface area contributed by atoms with Crippen molar-refractivity contribution in [3.05, 3.63) is 35.5 Å². The SMILES string of the molecule is COc1ccc(-c2cc3nc4c(c(NCCN)n3n2)CCC4)cc1OC. The summed E-state index contributed by atoms with van der Waals surface area (Å²) >= 11 is 0. The number of hydrogen-bond acceptors (Lipinski definition) is 6. The van der Waals surface area contributed by atoms with E-state index in [4.69, 9.17) is 25.3 Å². The molecule has 0 aliphatic heterocycles. The maximum atomic E-state index is 5.69. The van der Waals surface area contributed by atoms with Crippen LogP contribution in [0.3, 0.4) is 0 Å². The Hall–Kier alpha value is -2.80. The Bertz CT molecular complexity index is 951. The number of nitrogens with one attached hydrogen (secondary N) is 1. The Morgan fingerprint density at radius 2 is 2.00 bits per heavy atom. The molecule has 7 nitrogen and oxygen atoms in total. The first-order chi connectivity index (χ1) is 12.7. The smallest absolute Gasteiger partial charge is 0.161 e. The van der Waals surface area contributed by atoms with E-state index < -0.39 is 0 Å². The van der Waals surface area contributed by atoms with E-state index in [1.165, 1.54) is 5.56 Å². The van der Waals surface area contributed by atoms with Gasteiger partial charge in [0.15, 0.2) is 17.1 Å². The molecule has 0 bridgehead atoms. The maximum Gasteiger partial charge on any atom is 0.161 e. The second-order valence-corrected chi connectivity index (χ2v) is 6.32. The third-order valence-corrected chi connectivity index (χ3v) is 4.74. The van der Waals surface area contributed by atoms with E-state index in [0.29, 0.717) is 24.6 Å². The quantitative estimate of drug-likeness (QED) is 0.707. The van der Waals surface area contributed by atoms with E-state index in [9.17, 15) is 0 Å². The Morgan fingerprint density at radius 3 is 2.77 bits per heavy atom. The number of anilines is 1. The highest BCUT2D eigenvalue weighted by molar-refractivity contribution is 5.69. The van der Waals surface area contributed by atoms with Crippen LogP contribution in [0.15, 0.2) is 24.3 Å². The molecular formula is C19H23N5O2. The number of hydrogen-bond donors (Lipinski definition) is 2. The molecule has 3 N–H and O–H groups in total. The minimum Gasteiger partial charge on any atom is -0.493 e. The molecule has 4 rings (SSSR count). The Kier molecular flexibility index (Phi) is 4.38. The van der Waals surface area contributed by atoms with Crippen LogP contribution in [0.25, 0.3) is 16.9 Å². The van der Waals surface area contributed by atoms with Crippen LogP contribution in [-0.2, 0) is 12.8 Å². The second-order valence-electron chi connectivity index (χ2n) is 6.32. The predicted molar refractivity (Wildman–Crippen MR) is 101 cm³/mol. The number of methoxy groups -OCH3 is 2. The van der Waals surface area contributed by atoms with Gasteiger partial charge in [-0.05, 0) is 37.5 Å². The van der Waals surface area contributed by atoms with Crippen molar-refractivity contribution in [2.75, 3.05) is 32.6 Å². The number of rotatable bonds is 6. The molecule has 2 heterocycles. The number of aryl methyl sites for hydroxylation is 1. The molecule has 0 fully saturated rings. The van der Waals surface area contributed by atoms with E-state index in [1.807, 2.05) is 28.8 Å². The summed E-state index contributed by atoms with van der Waals surface area (Å²) in [6.45, 7) is 1.28. The minimum atomic E-state index is 0.572. The van der Waals surface area contributed by atoms with Gasteiger partial charge in [-0.1, -0.05) is 0 Å². The normalized spacial score (nSPS) is 13.0. The van der Waals surface area contributed by atoms with Crippen LogP contribution in [0.4, 0.5) is 5.82 Å². The first-order valence-corrected chi connectivity index (χ1v) is 8.83. The summed E-state index contributed by atoms with van der Waals surface area (Å²) in [4.78, 5) is 4.82. The summed E-state index contributed by atoms with van der Waals surface area (Å²) < 4.78 is 12.6. The van der Waals surface area contributed by atoms with Gasteiger partial charge in [-0.3, -0.25) is 0 Å². The largest absolute Gasteiger partial charge is 0.493 e. The van der Waals surface area contributed by atoms with E-state index in [2.05, 4.69) is 5.32 Å². The molecule has 26 heavy (non-hydrogen) atoms. The monoisotopic (exact) mass is 353 g/mol. The molecule has 1 aliphatic rings. The van der Waals surface area contributed by atoms with Crippen molar-refractivity contribution in [1.29, 1.82) is 0 Å². The fourth-order valence-corrected chi connectivity index (χ4v) is 3.50. The molecule has 1 aliphatic carbocycles. The lowest BCUT2D eigenvalue weighted by Gasteiger charge is -2.12. The summed E-state index contributed by atoms with van der Waals surface area (Å²) in [6, 6.07) is 7.80. The first-order valence-electron chi connectivity index (χ1n) is 8.83. The van der Waals surface area contributed by atoms with Gasteiger partial charge in [-0.25, -0.2) is 4.98 Å². The van der Waals surface area contributed by atoms with Gasteiger partial charge >= 0.3 is 0 Å². The zero-order chi connectivity index (χ0) is 18.1. The molecule has 136 valence electrons. The summed E-state index contributed by atoms with van der Waals surface area (Å²) in [5, 5.41) is 8.23. The predicted octanol–water partition coefficient (Wildman–Crippen LogP) is 2.27. The van der Waals surface area contributed by atoms with Crippen molar-refractivity contribution in [3.8, 4) is 22.8 Å². The molecule has 0 amide bonds. The van der Waals surface area contributed by atoms with Gasteiger partial charge in [0.1, 0.15) is 5.82 Å². The van der Waals surface area contributed by atoms with Crippen LogP contribution in [0, 0.1) is 0 Å². The van der Waals surface area contributed by atoms with E-state index in [-0.39, 0.29) is 0 Å². The van der Waals surface area contributed by atoms with Gasteiger partial charge in [0.2, 0.25) is 0 Å². The molecule has 2 aromatic heterocycles. The minimum absolute atomic E-state index is 0.572. The van der Waals surface area contributed by atoms with Crippen LogP contribution in [-0.4, -0.2) is 41.9 Å². The molecule has 0 saturated carbocycles. The summed E-state index contributed by atoms with van der Waals surface area (Å²) in [6.07, 6.45) is 3.17. The van der Waals surface area contributed by atoms with Crippen LogP contribution in [0.1, 0.15) is 17.7 Å². The highest BCUT2D eigenvalue weighted by atomic mass is 16.5. The van der Waals surface area contributed by atoms with Crippen molar-refractivity contribution in [2.45, 2.75) is 19.3 Å². The fourth-order valence-electron chi connectivity index (χ4n) is 3.50. The van der Waals surface area contributed by atoms with Crippen LogP contribution < -0.4 is 20.5 Å². The number of ether oxygens (including phenoxy) is 2. The molecule has 1 aromatic carbocycles. The number of benzene rings is 1. The van der Waals surface area contributed by atoms with Gasteiger partial charge < -0.3 is 20.5 Å². The van der Waals surface area contributed by atoms with Crippen molar-refractivity contribution in [2.24, 2.45) is 5.73 Å². The zero-order valence-electron chi connectivity index (χ0n) is 15.1. The first kappa shape index (κ1) is 16.7. The molecule has 0 saturated heterocycles. The molecular weight excluding hydrogens is 330 g/mol. The van der Waals surface area contributed by atoms with Crippen LogP contribution in [0.5, 0.6) is 11.5 Å². The summed E-state index contributed by atoms with van der Waals surface area (Å²) in [7, 11) is 3.26. The van der Waals surface area contributed by atoms with Crippen LogP contribution >= 0.6 is 0 Å². The number of aromatic nitrogens is 3. The van der Waals surface area contributed by atoms with Gasteiger partial charge in [0.25, 0.3) is 0 Å². The third kappa shape index (κ3) is 2.74. The highest BCUT2D eigenvalue weighted by Crippen LogP contribution is 2.34. The molecule has 0 radical (unpaired) electrons. The Morgan fingerprint density at radius 1 is 1.15 bits per heavy atom. The van der Waals surface area contributed by atoms with Crippen molar-refractivity contribution in [1.82, 2.24) is 14.6 Å². The second kappa shape index (κ2) is 6.84. The number of nitrogens with zero attached hydrogens (tertiary/aromatic N) is 3. The Labute approximate surface area is 152 Å². The van der Waals surface area contributed by atoms with Crippen molar-refractivity contribution >= 4 is 11.5 Å². The standard InChI is InChI=1S/C19H23N5O2/c1-25-16-7-6-12(10-17(16)26-2)15-11-18-22-14-5-3-4-13(14)19(21-9-8-20)24(18)23-15/h6-7,10-11,21H,3-5,8-9,20H2,1-2H3. The van der Waals surface area contributed by atoms with Gasteiger partial charge in [-0.2, -0.15) is 9.61 Å².